The number of carbonyl (C=O) groups excluding carboxylic acids is 2. The highest BCUT2D eigenvalue weighted by Gasteiger charge is 2.46. The third kappa shape index (κ3) is 5.12. The average Bonchev–Trinajstić information content (AvgIpc) is 3.23. The second-order valence-electron chi connectivity index (χ2n) is 6.77. The van der Waals surface area contributed by atoms with Gasteiger partial charge in [-0.05, 0) is 51.8 Å². The molecule has 0 aliphatic heterocycles. The zero-order chi connectivity index (χ0) is 18.0. The number of hydrogen-bond donors (Lipinski definition) is 1. The van der Waals surface area contributed by atoms with Gasteiger partial charge in [0.25, 0.3) is 0 Å². The second-order valence-corrected chi connectivity index (χ2v) is 7.69. The molecule has 1 aromatic rings. The molecule has 0 heterocycles. The molecule has 132 valence electrons. The van der Waals surface area contributed by atoms with E-state index in [-0.39, 0.29) is 0 Å². The van der Waals surface area contributed by atoms with Crippen LogP contribution in [-0.4, -0.2) is 36.9 Å². The fourth-order valence-electron chi connectivity index (χ4n) is 2.09. The summed E-state index contributed by atoms with van der Waals surface area (Å²) in [6, 6.07) is 5.11. The van der Waals surface area contributed by atoms with Gasteiger partial charge in [0.05, 0.1) is 13.7 Å². The summed E-state index contributed by atoms with van der Waals surface area (Å²) in [4.78, 5) is 23.7. The molecule has 1 N–H and O–H groups in total. The largest absolute Gasteiger partial charge is 0.484 e. The van der Waals surface area contributed by atoms with Crippen molar-refractivity contribution < 1.29 is 23.8 Å². The van der Waals surface area contributed by atoms with E-state index in [0.717, 1.165) is 17.3 Å². The van der Waals surface area contributed by atoms with Crippen LogP contribution < -0.4 is 10.1 Å². The maximum atomic E-state index is 11.9. The first-order valence-corrected chi connectivity index (χ1v) is 8.47. The van der Waals surface area contributed by atoms with E-state index in [4.69, 9.17) is 14.2 Å². The Morgan fingerprint density at radius 1 is 1.29 bits per heavy atom. The van der Waals surface area contributed by atoms with E-state index >= 15 is 0 Å². The first-order chi connectivity index (χ1) is 11.1. The fraction of sp³-hybridized carbons (Fsp3) is 0.529. The lowest BCUT2D eigenvalue weighted by Crippen LogP contribution is -2.40. The zero-order valence-electron chi connectivity index (χ0n) is 14.3. The number of hydrogen-bond acceptors (Lipinski definition) is 5. The lowest BCUT2D eigenvalue weighted by atomic mass is 10.2. The van der Waals surface area contributed by atoms with Crippen LogP contribution in [0.2, 0.25) is 0 Å². The number of halogens is 1. The molecule has 1 amide bonds. The molecule has 24 heavy (non-hydrogen) atoms. The predicted octanol–water partition coefficient (Wildman–Crippen LogP) is 3.67. The molecule has 0 bridgehead atoms. The molecule has 0 unspecified atom stereocenters. The smallest absolute Gasteiger partial charge is 0.407 e. The number of nitrogens with one attached hydrogen (secondary N) is 1. The van der Waals surface area contributed by atoms with Crippen LogP contribution in [0.25, 0.3) is 0 Å². The topological polar surface area (TPSA) is 73.9 Å². The van der Waals surface area contributed by atoms with E-state index in [9.17, 15) is 9.59 Å². The summed E-state index contributed by atoms with van der Waals surface area (Å²) in [7, 11) is 1.32. The van der Waals surface area contributed by atoms with Gasteiger partial charge < -0.3 is 19.5 Å². The number of esters is 1. The fourth-order valence-corrected chi connectivity index (χ4v) is 2.43. The summed E-state index contributed by atoms with van der Waals surface area (Å²) in [6.07, 6.45) is 1.09. The van der Waals surface area contributed by atoms with Gasteiger partial charge in [0, 0.05) is 4.47 Å². The van der Waals surface area contributed by atoms with Crippen LogP contribution in [-0.2, 0) is 9.47 Å². The normalized spacial score (nSPS) is 15.4. The van der Waals surface area contributed by atoms with Gasteiger partial charge in [-0.3, -0.25) is 0 Å². The van der Waals surface area contributed by atoms with E-state index < -0.39 is 23.3 Å². The Kier molecular flexibility index (Phi) is 5.42. The van der Waals surface area contributed by atoms with Crippen molar-refractivity contribution in [3.8, 4) is 5.75 Å². The lowest BCUT2D eigenvalue weighted by Gasteiger charge is -2.23. The van der Waals surface area contributed by atoms with Crippen LogP contribution in [0.4, 0.5) is 4.79 Å². The number of methoxy groups -OCH3 is 1. The molecule has 0 radical (unpaired) electrons. The molecule has 0 atom stereocenters. The van der Waals surface area contributed by atoms with Gasteiger partial charge in [-0.2, -0.15) is 0 Å². The first-order valence-electron chi connectivity index (χ1n) is 7.68. The Labute approximate surface area is 150 Å². The molecule has 1 saturated carbocycles. The Morgan fingerprint density at radius 2 is 1.96 bits per heavy atom. The van der Waals surface area contributed by atoms with Crippen molar-refractivity contribution in [3.05, 3.63) is 28.2 Å². The minimum absolute atomic E-state index is 0.315. The summed E-state index contributed by atoms with van der Waals surface area (Å²) in [6.45, 7) is 5.73. The third-order valence-electron chi connectivity index (χ3n) is 3.44. The quantitative estimate of drug-likeness (QED) is 0.764. The number of rotatable bonds is 5. The van der Waals surface area contributed by atoms with Crippen LogP contribution in [0.3, 0.4) is 0 Å². The van der Waals surface area contributed by atoms with E-state index in [1.165, 1.54) is 7.11 Å². The SMILES string of the molecule is COC(=O)c1ccc(Br)cc1OC1(CNC(=O)OC(C)(C)C)CC1. The number of ether oxygens (including phenoxy) is 3. The number of alkyl carbamates (subject to hydrolysis) is 1. The van der Waals surface area contributed by atoms with Crippen molar-refractivity contribution in [2.24, 2.45) is 0 Å². The molecule has 1 aromatic carbocycles. The maximum Gasteiger partial charge on any atom is 0.407 e. The molecule has 1 aliphatic carbocycles. The molecular weight excluding hydrogens is 378 g/mol. The van der Waals surface area contributed by atoms with Crippen molar-refractivity contribution in [2.75, 3.05) is 13.7 Å². The Hall–Kier alpha value is -1.76. The van der Waals surface area contributed by atoms with Crippen LogP contribution in [0.15, 0.2) is 22.7 Å². The molecular formula is C17H22BrNO5. The monoisotopic (exact) mass is 399 g/mol. The van der Waals surface area contributed by atoms with Gasteiger partial charge in [0.15, 0.2) is 0 Å². The lowest BCUT2D eigenvalue weighted by molar-refractivity contribution is 0.0484. The number of carbonyl (C=O) groups is 2. The van der Waals surface area contributed by atoms with Crippen molar-refractivity contribution in [2.45, 2.75) is 44.8 Å². The summed E-state index contributed by atoms with van der Waals surface area (Å²) in [5.41, 5.74) is -0.714. The van der Waals surface area contributed by atoms with Crippen molar-refractivity contribution in [1.82, 2.24) is 5.32 Å². The van der Waals surface area contributed by atoms with Gasteiger partial charge in [-0.25, -0.2) is 9.59 Å². The highest BCUT2D eigenvalue weighted by molar-refractivity contribution is 9.10. The Morgan fingerprint density at radius 3 is 2.50 bits per heavy atom. The highest BCUT2D eigenvalue weighted by Crippen LogP contribution is 2.41. The summed E-state index contributed by atoms with van der Waals surface area (Å²) < 4.78 is 16.8. The van der Waals surface area contributed by atoms with Crippen LogP contribution in [0, 0.1) is 0 Å². The van der Waals surface area contributed by atoms with Gasteiger partial charge in [-0.15, -0.1) is 0 Å². The van der Waals surface area contributed by atoms with Gasteiger partial charge in [-0.1, -0.05) is 15.9 Å². The zero-order valence-corrected chi connectivity index (χ0v) is 15.9. The molecule has 0 aromatic heterocycles. The average molecular weight is 400 g/mol. The summed E-state index contributed by atoms with van der Waals surface area (Å²) >= 11 is 3.37. The standard InChI is InChI=1S/C17H22BrNO5/c1-16(2,3)24-15(21)19-10-17(7-8-17)23-13-9-11(18)5-6-12(13)14(20)22-4/h5-6,9H,7-8,10H2,1-4H3,(H,19,21). The maximum absolute atomic E-state index is 11.9. The molecule has 7 heteroatoms. The second kappa shape index (κ2) is 7.01. The van der Waals surface area contributed by atoms with Crippen molar-refractivity contribution in [1.29, 1.82) is 0 Å². The van der Waals surface area contributed by atoms with Crippen molar-refractivity contribution >= 4 is 28.0 Å². The minimum atomic E-state index is -0.552. The van der Waals surface area contributed by atoms with E-state index in [2.05, 4.69) is 21.2 Å². The van der Waals surface area contributed by atoms with E-state index in [0.29, 0.717) is 17.9 Å². The molecule has 0 spiro atoms. The molecule has 6 nitrogen and oxygen atoms in total. The predicted molar refractivity (Wildman–Crippen MR) is 92.3 cm³/mol. The van der Waals surface area contributed by atoms with E-state index in [1.54, 1.807) is 39.0 Å². The minimum Gasteiger partial charge on any atom is -0.484 e. The number of benzene rings is 1. The Bertz CT molecular complexity index is 634. The molecule has 1 aliphatic rings. The molecule has 2 rings (SSSR count). The third-order valence-corrected chi connectivity index (χ3v) is 3.93. The van der Waals surface area contributed by atoms with Crippen LogP contribution in [0.1, 0.15) is 44.0 Å². The Balaban J connectivity index is 2.04. The van der Waals surface area contributed by atoms with Gasteiger partial charge in [0.2, 0.25) is 0 Å². The molecule has 1 fully saturated rings. The van der Waals surface area contributed by atoms with Gasteiger partial charge >= 0.3 is 12.1 Å². The van der Waals surface area contributed by atoms with E-state index in [1.807, 2.05) is 0 Å². The van der Waals surface area contributed by atoms with Crippen molar-refractivity contribution in [3.63, 3.8) is 0 Å². The number of amides is 1. The van der Waals surface area contributed by atoms with Crippen LogP contribution in [0.5, 0.6) is 5.75 Å². The van der Waals surface area contributed by atoms with Crippen LogP contribution >= 0.6 is 15.9 Å². The van der Waals surface area contributed by atoms with Gasteiger partial charge in [0.1, 0.15) is 22.5 Å². The highest BCUT2D eigenvalue weighted by atomic mass is 79.9. The summed E-state index contributed by atoms with van der Waals surface area (Å²) in [5, 5.41) is 2.73. The summed E-state index contributed by atoms with van der Waals surface area (Å²) in [5.74, 6) is -0.0342. The first kappa shape index (κ1) is 18.6. The molecule has 0 saturated heterocycles.